The topological polar surface area (TPSA) is 95.0 Å². The number of nitrogens with one attached hydrogen (secondary N) is 3. The predicted molar refractivity (Wildman–Crippen MR) is 146 cm³/mol. The van der Waals surface area contributed by atoms with Crippen molar-refractivity contribution in [1.82, 2.24) is 15.3 Å². The number of fused-ring (bicyclic) bond motifs is 1. The quantitative estimate of drug-likeness (QED) is 0.208. The van der Waals surface area contributed by atoms with Gasteiger partial charge in [-0.15, -0.1) is 0 Å². The summed E-state index contributed by atoms with van der Waals surface area (Å²) in [6.45, 7) is 1.94. The summed E-state index contributed by atoms with van der Waals surface area (Å²) >= 11 is 0. The molecule has 5 aromatic rings. The summed E-state index contributed by atoms with van der Waals surface area (Å²) in [4.78, 5) is 7.51. The Morgan fingerprint density at radius 1 is 0.973 bits per heavy atom. The minimum absolute atomic E-state index is 0.454. The first-order valence-corrected chi connectivity index (χ1v) is 12.0. The highest BCUT2D eigenvalue weighted by Crippen LogP contribution is 2.37. The van der Waals surface area contributed by atoms with Crippen LogP contribution in [0.3, 0.4) is 0 Å². The third-order valence-corrected chi connectivity index (χ3v) is 6.07. The Morgan fingerprint density at radius 2 is 1.86 bits per heavy atom. The van der Waals surface area contributed by atoms with Crippen LogP contribution in [0.25, 0.3) is 22.0 Å². The summed E-state index contributed by atoms with van der Waals surface area (Å²) in [6, 6.07) is 26.3. The molecule has 0 atom stereocenters. The SMILES string of the molecule is COc1ccc(-c2cncc(C#N)c2Nc2ccc3[nH]ccc3c2)cc1OCCNCc1ccccc1. The molecule has 0 aliphatic rings. The first kappa shape index (κ1) is 23.9. The number of rotatable bonds is 10. The molecule has 3 N–H and O–H groups in total. The predicted octanol–water partition coefficient (Wildman–Crippen LogP) is 6.02. The summed E-state index contributed by atoms with van der Waals surface area (Å²) in [5.41, 5.74) is 5.96. The smallest absolute Gasteiger partial charge is 0.161 e. The Kier molecular flexibility index (Phi) is 7.30. The van der Waals surface area contributed by atoms with Crippen molar-refractivity contribution >= 4 is 22.3 Å². The van der Waals surface area contributed by atoms with Crippen molar-refractivity contribution in [3.8, 4) is 28.7 Å². The molecule has 184 valence electrons. The second-order valence-corrected chi connectivity index (χ2v) is 8.50. The molecule has 7 nitrogen and oxygen atoms in total. The highest BCUT2D eigenvalue weighted by atomic mass is 16.5. The monoisotopic (exact) mass is 489 g/mol. The maximum atomic E-state index is 9.81. The summed E-state index contributed by atoms with van der Waals surface area (Å²) in [6.07, 6.45) is 5.23. The summed E-state index contributed by atoms with van der Waals surface area (Å²) in [5, 5.41) is 17.7. The van der Waals surface area contributed by atoms with Crippen LogP contribution >= 0.6 is 0 Å². The van der Waals surface area contributed by atoms with Gasteiger partial charge in [0.1, 0.15) is 12.7 Å². The Morgan fingerprint density at radius 3 is 2.70 bits per heavy atom. The normalized spacial score (nSPS) is 10.7. The molecular formula is C30H27N5O2. The fourth-order valence-corrected chi connectivity index (χ4v) is 4.19. The van der Waals surface area contributed by atoms with Gasteiger partial charge in [0.05, 0.1) is 18.4 Å². The van der Waals surface area contributed by atoms with E-state index in [9.17, 15) is 5.26 Å². The lowest BCUT2D eigenvalue weighted by atomic mass is 10.0. The van der Waals surface area contributed by atoms with Crippen molar-refractivity contribution in [3.05, 3.63) is 103 Å². The Balaban J connectivity index is 1.36. The van der Waals surface area contributed by atoms with Crippen LogP contribution in [0, 0.1) is 11.3 Å². The molecule has 0 bridgehead atoms. The number of pyridine rings is 1. The highest BCUT2D eigenvalue weighted by Gasteiger charge is 2.15. The van der Waals surface area contributed by atoms with Gasteiger partial charge in [-0.3, -0.25) is 4.98 Å². The third-order valence-electron chi connectivity index (χ3n) is 6.07. The molecule has 0 aliphatic carbocycles. The van der Waals surface area contributed by atoms with Crippen molar-refractivity contribution in [2.24, 2.45) is 0 Å². The summed E-state index contributed by atoms with van der Waals surface area (Å²) < 4.78 is 11.6. The molecule has 0 spiro atoms. The molecule has 0 fully saturated rings. The van der Waals surface area contributed by atoms with Gasteiger partial charge in [-0.2, -0.15) is 5.26 Å². The molecule has 0 saturated heterocycles. The Hall–Kier alpha value is -4.80. The van der Waals surface area contributed by atoms with E-state index in [1.165, 1.54) is 5.56 Å². The molecule has 2 aromatic heterocycles. The maximum absolute atomic E-state index is 9.81. The second-order valence-electron chi connectivity index (χ2n) is 8.50. The van der Waals surface area contributed by atoms with Crippen molar-refractivity contribution in [3.63, 3.8) is 0 Å². The molecule has 5 rings (SSSR count). The first-order chi connectivity index (χ1) is 18.2. The molecule has 3 aromatic carbocycles. The number of nitriles is 1. The van der Waals surface area contributed by atoms with Crippen LogP contribution in [0.5, 0.6) is 11.5 Å². The maximum Gasteiger partial charge on any atom is 0.161 e. The molecule has 0 radical (unpaired) electrons. The second kappa shape index (κ2) is 11.3. The van der Waals surface area contributed by atoms with Gasteiger partial charge in [-0.05, 0) is 47.5 Å². The largest absolute Gasteiger partial charge is 0.493 e. The van der Waals surface area contributed by atoms with Gasteiger partial charge in [0.25, 0.3) is 0 Å². The molecule has 2 heterocycles. The number of hydrogen-bond acceptors (Lipinski definition) is 6. The molecule has 7 heteroatoms. The van der Waals surface area contributed by atoms with Gasteiger partial charge in [0.2, 0.25) is 0 Å². The minimum atomic E-state index is 0.454. The zero-order valence-electron chi connectivity index (χ0n) is 20.5. The van der Waals surface area contributed by atoms with E-state index >= 15 is 0 Å². The van der Waals surface area contributed by atoms with E-state index in [0.717, 1.165) is 34.3 Å². The van der Waals surface area contributed by atoms with E-state index in [2.05, 4.69) is 38.8 Å². The summed E-state index contributed by atoms with van der Waals surface area (Å²) in [5.74, 6) is 1.27. The van der Waals surface area contributed by atoms with Gasteiger partial charge in [0, 0.05) is 53.8 Å². The number of benzene rings is 3. The van der Waals surface area contributed by atoms with E-state index in [0.29, 0.717) is 35.9 Å². The average Bonchev–Trinajstić information content (AvgIpc) is 3.41. The van der Waals surface area contributed by atoms with Crippen molar-refractivity contribution in [2.75, 3.05) is 25.6 Å². The molecule has 0 amide bonds. The van der Waals surface area contributed by atoms with E-state index in [1.807, 2.05) is 66.9 Å². The number of nitrogens with zero attached hydrogens (tertiary/aromatic N) is 2. The van der Waals surface area contributed by atoms with Crippen LogP contribution in [-0.4, -0.2) is 30.2 Å². The van der Waals surface area contributed by atoms with Crippen LogP contribution in [0.4, 0.5) is 11.4 Å². The number of methoxy groups -OCH3 is 1. The lowest BCUT2D eigenvalue weighted by Gasteiger charge is -2.16. The van der Waals surface area contributed by atoms with Crippen LogP contribution in [0.1, 0.15) is 11.1 Å². The Bertz CT molecular complexity index is 1540. The van der Waals surface area contributed by atoms with Crippen molar-refractivity contribution < 1.29 is 9.47 Å². The summed E-state index contributed by atoms with van der Waals surface area (Å²) in [7, 11) is 1.62. The zero-order valence-corrected chi connectivity index (χ0v) is 20.5. The van der Waals surface area contributed by atoms with Gasteiger partial charge >= 0.3 is 0 Å². The number of H-pyrrole nitrogens is 1. The lowest BCUT2D eigenvalue weighted by Crippen LogP contribution is -2.20. The number of aromatic amines is 1. The van der Waals surface area contributed by atoms with E-state index in [1.54, 1.807) is 19.5 Å². The molecule has 0 unspecified atom stereocenters. The number of aromatic nitrogens is 2. The number of hydrogen-bond donors (Lipinski definition) is 3. The lowest BCUT2D eigenvalue weighted by molar-refractivity contribution is 0.292. The molecular weight excluding hydrogens is 462 g/mol. The van der Waals surface area contributed by atoms with E-state index < -0.39 is 0 Å². The van der Waals surface area contributed by atoms with Gasteiger partial charge < -0.3 is 25.1 Å². The van der Waals surface area contributed by atoms with Crippen LogP contribution in [0.15, 0.2) is 91.4 Å². The Labute approximate surface area is 215 Å². The average molecular weight is 490 g/mol. The van der Waals surface area contributed by atoms with Crippen LogP contribution in [0.2, 0.25) is 0 Å². The van der Waals surface area contributed by atoms with E-state index in [-0.39, 0.29) is 0 Å². The van der Waals surface area contributed by atoms with Crippen molar-refractivity contribution in [1.29, 1.82) is 5.26 Å². The standard InChI is InChI=1S/C30H27N5O2/c1-36-28-10-7-22(16-29(28)37-14-13-32-18-21-5-3-2-4-6-21)26-20-33-19-24(17-31)30(26)35-25-8-9-27-23(15-25)11-12-34-27/h2-12,15-16,19-20,32,34H,13-14,18H2,1H3,(H,33,35). The number of anilines is 2. The highest BCUT2D eigenvalue weighted by molar-refractivity contribution is 5.88. The van der Waals surface area contributed by atoms with Gasteiger partial charge in [0.15, 0.2) is 11.5 Å². The number of ether oxygens (including phenoxy) is 2. The van der Waals surface area contributed by atoms with Crippen LogP contribution < -0.4 is 20.1 Å². The third kappa shape index (κ3) is 5.56. The molecule has 0 saturated carbocycles. The van der Waals surface area contributed by atoms with Crippen molar-refractivity contribution in [2.45, 2.75) is 6.54 Å². The van der Waals surface area contributed by atoms with E-state index in [4.69, 9.17) is 9.47 Å². The van der Waals surface area contributed by atoms with Crippen LogP contribution in [-0.2, 0) is 6.54 Å². The zero-order chi connectivity index (χ0) is 25.5. The van der Waals surface area contributed by atoms with Gasteiger partial charge in [-0.25, -0.2) is 0 Å². The van der Waals surface area contributed by atoms with Gasteiger partial charge in [-0.1, -0.05) is 36.4 Å². The molecule has 37 heavy (non-hydrogen) atoms. The first-order valence-electron chi connectivity index (χ1n) is 12.0. The minimum Gasteiger partial charge on any atom is -0.493 e. The fraction of sp³-hybridized carbons (Fsp3) is 0.133. The fourth-order valence-electron chi connectivity index (χ4n) is 4.19. The molecule has 0 aliphatic heterocycles.